The lowest BCUT2D eigenvalue weighted by Crippen LogP contribution is -2.25. The Morgan fingerprint density at radius 2 is 2.38 bits per heavy atom. The highest BCUT2D eigenvalue weighted by Crippen LogP contribution is 2.39. The van der Waals surface area contributed by atoms with Crippen LogP contribution in [-0.2, 0) is 19.1 Å². The van der Waals surface area contributed by atoms with Crippen molar-refractivity contribution in [2.75, 3.05) is 6.54 Å². The Hall–Kier alpha value is -0.800. The van der Waals surface area contributed by atoms with Crippen molar-refractivity contribution in [2.24, 2.45) is 12.8 Å². The fourth-order valence-corrected chi connectivity index (χ4v) is 2.23. The summed E-state index contributed by atoms with van der Waals surface area (Å²) in [5.74, 6) is 0. The van der Waals surface area contributed by atoms with Crippen molar-refractivity contribution in [3.8, 4) is 0 Å². The lowest BCUT2D eigenvalue weighted by Gasteiger charge is -2.21. The topological polar surface area (TPSA) is 51.2 Å². The van der Waals surface area contributed by atoms with Gasteiger partial charge in [0.05, 0.1) is 5.60 Å². The average Bonchev–Trinajstić information content (AvgIpc) is 2.54. The van der Waals surface area contributed by atoms with Gasteiger partial charge in [0.1, 0.15) is 0 Å². The summed E-state index contributed by atoms with van der Waals surface area (Å²) >= 11 is 0. The van der Waals surface area contributed by atoms with Gasteiger partial charge >= 0.3 is 0 Å². The highest BCUT2D eigenvalue weighted by atomic mass is 16.3. The van der Waals surface area contributed by atoms with Gasteiger partial charge in [-0.05, 0) is 31.4 Å². The Morgan fingerprint density at radius 1 is 1.62 bits per heavy atom. The van der Waals surface area contributed by atoms with Crippen molar-refractivity contribution in [1.82, 2.24) is 4.57 Å². The summed E-state index contributed by atoms with van der Waals surface area (Å²) in [7, 11) is 1.99. The molecule has 1 atom stereocenters. The van der Waals surface area contributed by atoms with E-state index in [1.54, 1.807) is 0 Å². The highest BCUT2D eigenvalue weighted by Gasteiger charge is 2.36. The van der Waals surface area contributed by atoms with Crippen molar-refractivity contribution < 1.29 is 5.11 Å². The molecular weight excluding hydrogens is 164 g/mol. The van der Waals surface area contributed by atoms with Crippen LogP contribution in [0.1, 0.15) is 24.0 Å². The molecule has 13 heavy (non-hydrogen) atoms. The van der Waals surface area contributed by atoms with Crippen molar-refractivity contribution in [1.29, 1.82) is 0 Å². The highest BCUT2D eigenvalue weighted by molar-refractivity contribution is 5.35. The zero-order valence-electron chi connectivity index (χ0n) is 7.95. The molecule has 0 radical (unpaired) electrons. The molecule has 0 fully saturated rings. The third kappa shape index (κ3) is 1.28. The van der Waals surface area contributed by atoms with E-state index >= 15 is 0 Å². The number of hydrogen-bond donors (Lipinski definition) is 2. The molecule has 0 saturated heterocycles. The number of aryl methyl sites for hydroxylation is 2. The monoisotopic (exact) mass is 180 g/mol. The molecule has 3 nitrogen and oxygen atoms in total. The molecule has 0 amide bonds. The summed E-state index contributed by atoms with van der Waals surface area (Å²) in [6, 6.07) is 0. The minimum absolute atomic E-state index is 0.546. The third-order valence-corrected chi connectivity index (χ3v) is 2.91. The van der Waals surface area contributed by atoms with E-state index in [0.29, 0.717) is 13.0 Å². The SMILES string of the molecule is Cn1cc2c(c1)C(O)(CCN)CC2. The van der Waals surface area contributed by atoms with Crippen LogP contribution < -0.4 is 5.73 Å². The number of nitrogens with two attached hydrogens (primary N) is 1. The molecule has 1 unspecified atom stereocenters. The Labute approximate surface area is 78.2 Å². The third-order valence-electron chi connectivity index (χ3n) is 2.91. The zero-order valence-corrected chi connectivity index (χ0v) is 7.95. The second kappa shape index (κ2) is 2.86. The van der Waals surface area contributed by atoms with Crippen LogP contribution in [0.25, 0.3) is 0 Å². The first-order valence-electron chi connectivity index (χ1n) is 4.73. The number of hydrogen-bond acceptors (Lipinski definition) is 2. The molecule has 72 valence electrons. The van der Waals surface area contributed by atoms with Crippen molar-refractivity contribution in [3.05, 3.63) is 23.5 Å². The minimum atomic E-state index is -0.647. The smallest absolute Gasteiger partial charge is 0.0929 e. The second-order valence-corrected chi connectivity index (χ2v) is 3.93. The average molecular weight is 180 g/mol. The van der Waals surface area contributed by atoms with Crippen molar-refractivity contribution in [2.45, 2.75) is 24.9 Å². The Bertz CT molecular complexity index is 319. The van der Waals surface area contributed by atoms with E-state index in [2.05, 4.69) is 6.20 Å². The molecule has 1 aliphatic carbocycles. The molecule has 0 aliphatic heterocycles. The van der Waals surface area contributed by atoms with Crippen LogP contribution >= 0.6 is 0 Å². The summed E-state index contributed by atoms with van der Waals surface area (Å²) < 4.78 is 2.01. The van der Waals surface area contributed by atoms with Gasteiger partial charge in [-0.25, -0.2) is 0 Å². The van der Waals surface area contributed by atoms with E-state index in [-0.39, 0.29) is 0 Å². The quantitative estimate of drug-likeness (QED) is 0.696. The van der Waals surface area contributed by atoms with Crippen LogP contribution in [0.3, 0.4) is 0 Å². The molecule has 0 aromatic carbocycles. The molecule has 0 bridgehead atoms. The summed E-state index contributed by atoms with van der Waals surface area (Å²) in [6.45, 7) is 0.546. The maximum atomic E-state index is 10.3. The van der Waals surface area contributed by atoms with Gasteiger partial charge in [-0.2, -0.15) is 0 Å². The first kappa shape index (κ1) is 8.78. The lowest BCUT2D eigenvalue weighted by molar-refractivity contribution is 0.0317. The molecule has 1 aromatic rings. The standard InChI is InChI=1S/C10H16N2O/c1-12-6-8-2-3-10(13,4-5-11)9(8)7-12/h6-7,13H,2-5,11H2,1H3. The second-order valence-electron chi connectivity index (χ2n) is 3.93. The molecule has 3 heteroatoms. The van der Waals surface area contributed by atoms with E-state index < -0.39 is 5.60 Å². The van der Waals surface area contributed by atoms with E-state index in [0.717, 1.165) is 18.4 Å². The van der Waals surface area contributed by atoms with Gasteiger partial charge in [0.15, 0.2) is 0 Å². The fourth-order valence-electron chi connectivity index (χ4n) is 2.23. The maximum absolute atomic E-state index is 10.3. The van der Waals surface area contributed by atoms with E-state index in [1.165, 1.54) is 5.56 Å². The minimum Gasteiger partial charge on any atom is -0.385 e. The Morgan fingerprint density at radius 3 is 3.08 bits per heavy atom. The van der Waals surface area contributed by atoms with Crippen LogP contribution in [0.2, 0.25) is 0 Å². The Kier molecular flexibility index (Phi) is 1.93. The van der Waals surface area contributed by atoms with Gasteiger partial charge in [0.2, 0.25) is 0 Å². The zero-order chi connectivity index (χ0) is 9.47. The van der Waals surface area contributed by atoms with Crippen LogP contribution in [0, 0.1) is 0 Å². The molecule has 1 aromatic heterocycles. The number of fused-ring (bicyclic) bond motifs is 1. The number of aromatic nitrogens is 1. The first-order valence-corrected chi connectivity index (χ1v) is 4.73. The van der Waals surface area contributed by atoms with Crippen LogP contribution in [-0.4, -0.2) is 16.2 Å². The molecule has 0 spiro atoms. The molecule has 1 heterocycles. The summed E-state index contributed by atoms with van der Waals surface area (Å²) in [5.41, 5.74) is 7.20. The number of nitrogens with zero attached hydrogens (tertiary/aromatic N) is 1. The van der Waals surface area contributed by atoms with Gasteiger partial charge in [-0.15, -0.1) is 0 Å². The number of rotatable bonds is 2. The van der Waals surface area contributed by atoms with Gasteiger partial charge in [-0.3, -0.25) is 0 Å². The molecular formula is C10H16N2O. The summed E-state index contributed by atoms with van der Waals surface area (Å²) in [6.07, 6.45) is 6.58. The summed E-state index contributed by atoms with van der Waals surface area (Å²) in [5, 5.41) is 10.3. The van der Waals surface area contributed by atoms with Crippen LogP contribution in [0.4, 0.5) is 0 Å². The van der Waals surface area contributed by atoms with E-state index in [1.807, 2.05) is 17.8 Å². The predicted octanol–water partition coefficient (Wildman–Crippen LogP) is 0.508. The molecule has 0 saturated carbocycles. The normalized spacial score (nSPS) is 26.4. The van der Waals surface area contributed by atoms with Crippen molar-refractivity contribution >= 4 is 0 Å². The van der Waals surface area contributed by atoms with E-state index in [9.17, 15) is 5.11 Å². The fraction of sp³-hybridized carbons (Fsp3) is 0.600. The van der Waals surface area contributed by atoms with Gasteiger partial charge in [0.25, 0.3) is 0 Å². The van der Waals surface area contributed by atoms with Gasteiger partial charge in [-0.1, -0.05) is 0 Å². The largest absolute Gasteiger partial charge is 0.385 e. The lowest BCUT2D eigenvalue weighted by atomic mass is 9.94. The van der Waals surface area contributed by atoms with Crippen LogP contribution in [0.15, 0.2) is 12.4 Å². The summed E-state index contributed by atoms with van der Waals surface area (Å²) in [4.78, 5) is 0. The maximum Gasteiger partial charge on any atom is 0.0929 e. The van der Waals surface area contributed by atoms with Crippen LogP contribution in [0.5, 0.6) is 0 Å². The van der Waals surface area contributed by atoms with Gasteiger partial charge < -0.3 is 15.4 Å². The van der Waals surface area contributed by atoms with E-state index in [4.69, 9.17) is 5.73 Å². The number of aliphatic hydroxyl groups is 1. The molecule has 2 rings (SSSR count). The first-order chi connectivity index (χ1) is 6.15. The van der Waals surface area contributed by atoms with Crippen molar-refractivity contribution in [3.63, 3.8) is 0 Å². The van der Waals surface area contributed by atoms with Gasteiger partial charge in [0, 0.05) is 25.0 Å². The molecule has 1 aliphatic rings. The Balaban J connectivity index is 2.35. The molecule has 3 N–H and O–H groups in total. The predicted molar refractivity (Wildman–Crippen MR) is 51.3 cm³/mol.